The molecule has 2 aromatic rings. The van der Waals surface area contributed by atoms with Gasteiger partial charge >= 0.3 is 6.55 Å². The SMILES string of the molecule is CC(C)NCc1cccc(SCc2nccn2C(F)F)c1. The second kappa shape index (κ2) is 7.56. The van der Waals surface area contributed by atoms with Gasteiger partial charge in [-0.1, -0.05) is 26.0 Å². The molecule has 0 aliphatic rings. The number of imidazole rings is 1. The van der Waals surface area contributed by atoms with E-state index in [0.717, 1.165) is 16.0 Å². The quantitative estimate of drug-likeness (QED) is 0.782. The van der Waals surface area contributed by atoms with E-state index >= 15 is 0 Å². The molecule has 114 valence electrons. The predicted octanol–water partition coefficient (Wildman–Crippen LogP) is 4.07. The van der Waals surface area contributed by atoms with Gasteiger partial charge in [0.05, 0.1) is 5.75 Å². The van der Waals surface area contributed by atoms with Crippen LogP contribution >= 0.6 is 11.8 Å². The van der Waals surface area contributed by atoms with Gasteiger partial charge in [-0.25, -0.2) is 4.98 Å². The fourth-order valence-electron chi connectivity index (χ4n) is 1.85. The van der Waals surface area contributed by atoms with Crippen LogP contribution in [-0.4, -0.2) is 15.6 Å². The molecule has 21 heavy (non-hydrogen) atoms. The summed E-state index contributed by atoms with van der Waals surface area (Å²) in [7, 11) is 0. The van der Waals surface area contributed by atoms with E-state index in [4.69, 9.17) is 0 Å². The Kier molecular flexibility index (Phi) is 5.76. The van der Waals surface area contributed by atoms with Gasteiger partial charge in [-0.15, -0.1) is 11.8 Å². The van der Waals surface area contributed by atoms with E-state index in [1.165, 1.54) is 29.7 Å². The third-order valence-corrected chi connectivity index (χ3v) is 3.93. The van der Waals surface area contributed by atoms with Gasteiger partial charge in [0.2, 0.25) is 0 Å². The normalized spacial score (nSPS) is 11.5. The highest BCUT2D eigenvalue weighted by molar-refractivity contribution is 7.98. The Morgan fingerprint density at radius 3 is 2.86 bits per heavy atom. The van der Waals surface area contributed by atoms with Crippen LogP contribution in [0.25, 0.3) is 0 Å². The Bertz CT molecular complexity index is 570. The first-order valence-corrected chi connectivity index (χ1v) is 7.80. The maximum absolute atomic E-state index is 12.7. The molecule has 1 heterocycles. The summed E-state index contributed by atoms with van der Waals surface area (Å²) in [6.07, 6.45) is 2.72. The second-order valence-electron chi connectivity index (χ2n) is 5.00. The molecule has 0 saturated heterocycles. The van der Waals surface area contributed by atoms with Gasteiger partial charge in [0.15, 0.2) is 0 Å². The van der Waals surface area contributed by atoms with E-state index in [-0.39, 0.29) is 0 Å². The molecular weight excluding hydrogens is 292 g/mol. The van der Waals surface area contributed by atoms with E-state index in [9.17, 15) is 8.78 Å². The maximum atomic E-state index is 12.7. The Labute approximate surface area is 127 Å². The van der Waals surface area contributed by atoms with Crippen LogP contribution in [0.1, 0.15) is 31.8 Å². The Morgan fingerprint density at radius 2 is 2.14 bits per heavy atom. The molecule has 0 unspecified atom stereocenters. The van der Waals surface area contributed by atoms with Crippen molar-refractivity contribution in [2.75, 3.05) is 0 Å². The number of thioether (sulfide) groups is 1. The van der Waals surface area contributed by atoms with Gasteiger partial charge in [0.1, 0.15) is 5.82 Å². The minimum absolute atomic E-state index is 0.390. The second-order valence-corrected chi connectivity index (χ2v) is 6.05. The highest BCUT2D eigenvalue weighted by Gasteiger charge is 2.11. The van der Waals surface area contributed by atoms with Crippen molar-refractivity contribution in [3.05, 3.63) is 48.0 Å². The fraction of sp³-hybridized carbons (Fsp3) is 0.400. The van der Waals surface area contributed by atoms with Crippen LogP contribution in [0, 0.1) is 0 Å². The number of rotatable bonds is 7. The van der Waals surface area contributed by atoms with Crippen LogP contribution in [0.2, 0.25) is 0 Å². The number of benzene rings is 1. The average molecular weight is 311 g/mol. The average Bonchev–Trinajstić information content (AvgIpc) is 2.92. The van der Waals surface area contributed by atoms with Gasteiger partial charge in [-0.05, 0) is 17.7 Å². The van der Waals surface area contributed by atoms with E-state index in [1.807, 2.05) is 12.1 Å². The lowest BCUT2D eigenvalue weighted by molar-refractivity contribution is 0.0678. The van der Waals surface area contributed by atoms with E-state index in [1.54, 1.807) is 0 Å². The van der Waals surface area contributed by atoms with Crippen LogP contribution in [0.5, 0.6) is 0 Å². The lowest BCUT2D eigenvalue weighted by Crippen LogP contribution is -2.21. The van der Waals surface area contributed by atoms with Crippen molar-refractivity contribution in [1.82, 2.24) is 14.9 Å². The molecule has 0 spiro atoms. The molecule has 1 aromatic heterocycles. The molecule has 0 bridgehead atoms. The molecule has 0 aliphatic carbocycles. The number of alkyl halides is 2. The fourth-order valence-corrected chi connectivity index (χ4v) is 2.78. The van der Waals surface area contributed by atoms with Gasteiger partial charge < -0.3 is 5.32 Å². The minimum atomic E-state index is -2.54. The topological polar surface area (TPSA) is 29.9 Å². The van der Waals surface area contributed by atoms with Crippen molar-refractivity contribution < 1.29 is 8.78 Å². The molecule has 0 amide bonds. The lowest BCUT2D eigenvalue weighted by Gasteiger charge is -2.10. The van der Waals surface area contributed by atoms with Gasteiger partial charge in [-0.3, -0.25) is 4.57 Å². The smallest absolute Gasteiger partial charge is 0.310 e. The van der Waals surface area contributed by atoms with Gasteiger partial charge in [0.25, 0.3) is 0 Å². The summed E-state index contributed by atoms with van der Waals surface area (Å²) in [6.45, 7) is 2.47. The van der Waals surface area contributed by atoms with Crippen molar-refractivity contribution in [2.24, 2.45) is 0 Å². The minimum Gasteiger partial charge on any atom is -0.310 e. The highest BCUT2D eigenvalue weighted by atomic mass is 32.2. The Hall–Kier alpha value is -1.40. The predicted molar refractivity (Wildman–Crippen MR) is 81.5 cm³/mol. The number of halogens is 2. The molecule has 1 aromatic carbocycles. The van der Waals surface area contributed by atoms with Crippen molar-refractivity contribution >= 4 is 11.8 Å². The van der Waals surface area contributed by atoms with E-state index in [0.29, 0.717) is 17.6 Å². The standard InChI is InChI=1S/C15H19F2N3S/c1-11(2)19-9-12-4-3-5-13(8-12)21-10-14-18-6-7-20(14)15(16)17/h3-8,11,15,19H,9-10H2,1-2H3. The Morgan fingerprint density at radius 1 is 1.33 bits per heavy atom. The van der Waals surface area contributed by atoms with Gasteiger partial charge in [0, 0.05) is 29.9 Å². The molecule has 0 aliphatic heterocycles. The first kappa shape index (κ1) is 16.0. The molecule has 3 nitrogen and oxygen atoms in total. The summed E-state index contributed by atoms with van der Waals surface area (Å²) in [5.41, 5.74) is 1.19. The summed E-state index contributed by atoms with van der Waals surface area (Å²) in [5, 5.41) is 3.36. The monoisotopic (exact) mass is 311 g/mol. The van der Waals surface area contributed by atoms with Crippen molar-refractivity contribution in [3.63, 3.8) is 0 Å². The van der Waals surface area contributed by atoms with Crippen molar-refractivity contribution in [2.45, 2.75) is 43.6 Å². The zero-order valence-electron chi connectivity index (χ0n) is 12.1. The number of hydrogen-bond donors (Lipinski definition) is 1. The first-order chi connectivity index (χ1) is 10.1. The molecule has 6 heteroatoms. The third-order valence-electron chi connectivity index (χ3n) is 2.94. The zero-order chi connectivity index (χ0) is 15.2. The number of aromatic nitrogens is 2. The number of nitrogens with one attached hydrogen (secondary N) is 1. The third kappa shape index (κ3) is 4.82. The van der Waals surface area contributed by atoms with Crippen molar-refractivity contribution in [3.8, 4) is 0 Å². The van der Waals surface area contributed by atoms with Gasteiger partial charge in [-0.2, -0.15) is 8.78 Å². The molecule has 0 fully saturated rings. The molecule has 1 N–H and O–H groups in total. The van der Waals surface area contributed by atoms with Crippen LogP contribution in [0.4, 0.5) is 8.78 Å². The van der Waals surface area contributed by atoms with E-state index in [2.05, 4.69) is 36.3 Å². The lowest BCUT2D eigenvalue weighted by atomic mass is 10.2. The first-order valence-electron chi connectivity index (χ1n) is 6.81. The van der Waals surface area contributed by atoms with Crippen LogP contribution < -0.4 is 5.32 Å². The summed E-state index contributed by atoms with van der Waals surface area (Å²) < 4.78 is 26.4. The summed E-state index contributed by atoms with van der Waals surface area (Å²) in [6, 6.07) is 8.54. The van der Waals surface area contributed by atoms with E-state index < -0.39 is 6.55 Å². The molecule has 0 radical (unpaired) electrons. The maximum Gasteiger partial charge on any atom is 0.319 e. The zero-order valence-corrected chi connectivity index (χ0v) is 12.9. The molecule has 2 rings (SSSR count). The highest BCUT2D eigenvalue weighted by Crippen LogP contribution is 2.24. The number of hydrogen-bond acceptors (Lipinski definition) is 3. The van der Waals surface area contributed by atoms with Crippen molar-refractivity contribution in [1.29, 1.82) is 0 Å². The molecule has 0 saturated carbocycles. The Balaban J connectivity index is 1.96. The van der Waals surface area contributed by atoms with Crippen LogP contribution in [-0.2, 0) is 12.3 Å². The largest absolute Gasteiger partial charge is 0.319 e. The summed E-state index contributed by atoms with van der Waals surface area (Å²) in [5.74, 6) is 0.819. The van der Waals surface area contributed by atoms with Crippen LogP contribution in [0.3, 0.4) is 0 Å². The molecule has 0 atom stereocenters. The van der Waals surface area contributed by atoms with Crippen LogP contribution in [0.15, 0.2) is 41.6 Å². The number of nitrogens with zero attached hydrogens (tertiary/aromatic N) is 2. The summed E-state index contributed by atoms with van der Waals surface area (Å²) in [4.78, 5) is 5.04. The summed E-state index contributed by atoms with van der Waals surface area (Å²) >= 11 is 1.51. The molecular formula is C15H19F2N3S.